The Bertz CT molecular complexity index is 233. The molecule has 0 aromatic carbocycles. The van der Waals surface area contributed by atoms with Crippen LogP contribution in [-0.2, 0) is 9.53 Å². The Kier molecular flexibility index (Phi) is 5.18. The first-order valence-electron chi connectivity index (χ1n) is 5.81. The average molecular weight is 230 g/mol. The molecular formula is C11H22N2O3. The molecule has 0 aromatic rings. The van der Waals surface area contributed by atoms with Gasteiger partial charge in [-0.3, -0.25) is 4.79 Å². The highest BCUT2D eigenvalue weighted by Crippen LogP contribution is 2.10. The number of ether oxygens (including phenoxy) is 1. The molecule has 0 saturated carbocycles. The summed E-state index contributed by atoms with van der Waals surface area (Å²) in [6.07, 6.45) is 0.434. The topological polar surface area (TPSA) is 75.8 Å². The Balaban J connectivity index is 2.46. The van der Waals surface area contributed by atoms with Crippen molar-refractivity contribution in [1.29, 1.82) is 0 Å². The molecule has 16 heavy (non-hydrogen) atoms. The van der Waals surface area contributed by atoms with Gasteiger partial charge in [-0.15, -0.1) is 0 Å². The van der Waals surface area contributed by atoms with Crippen LogP contribution in [0.25, 0.3) is 0 Å². The van der Waals surface area contributed by atoms with Gasteiger partial charge in [0.05, 0.1) is 25.4 Å². The molecule has 3 N–H and O–H groups in total. The van der Waals surface area contributed by atoms with Crippen LogP contribution in [-0.4, -0.2) is 54.4 Å². The van der Waals surface area contributed by atoms with Crippen LogP contribution in [0.15, 0.2) is 0 Å². The van der Waals surface area contributed by atoms with Crippen LogP contribution in [0.3, 0.4) is 0 Å². The standard InChI is InChI=1S/C11H22N2O3/c1-8(2)5-10(12)11(15)13-3-4-16-9(6-13)7-14/h8-10,14H,3-7,12H2,1-2H3/t9?,10-/m0/s1. The van der Waals surface area contributed by atoms with Crippen LogP contribution < -0.4 is 5.73 Å². The zero-order valence-corrected chi connectivity index (χ0v) is 10.1. The minimum Gasteiger partial charge on any atom is -0.394 e. The van der Waals surface area contributed by atoms with Gasteiger partial charge < -0.3 is 20.5 Å². The Morgan fingerprint density at radius 1 is 1.62 bits per heavy atom. The molecule has 2 atom stereocenters. The molecule has 5 nitrogen and oxygen atoms in total. The summed E-state index contributed by atoms with van der Waals surface area (Å²) in [5, 5.41) is 8.98. The summed E-state index contributed by atoms with van der Waals surface area (Å²) in [5.41, 5.74) is 5.84. The van der Waals surface area contributed by atoms with Crippen LogP contribution in [0.2, 0.25) is 0 Å². The highest BCUT2D eigenvalue weighted by atomic mass is 16.5. The van der Waals surface area contributed by atoms with E-state index in [1.54, 1.807) is 4.90 Å². The molecule has 0 radical (unpaired) electrons. The fourth-order valence-corrected chi connectivity index (χ4v) is 1.87. The summed E-state index contributed by atoms with van der Waals surface area (Å²) >= 11 is 0. The second-order valence-corrected chi connectivity index (χ2v) is 4.70. The molecule has 1 unspecified atom stereocenters. The smallest absolute Gasteiger partial charge is 0.239 e. The van der Waals surface area contributed by atoms with Gasteiger partial charge in [-0.25, -0.2) is 0 Å². The van der Waals surface area contributed by atoms with Gasteiger partial charge in [-0.1, -0.05) is 13.8 Å². The van der Waals surface area contributed by atoms with Crippen molar-refractivity contribution in [1.82, 2.24) is 4.90 Å². The molecule has 5 heteroatoms. The van der Waals surface area contributed by atoms with Gasteiger partial charge in [0.2, 0.25) is 5.91 Å². The van der Waals surface area contributed by atoms with Gasteiger partial charge in [0, 0.05) is 13.1 Å². The maximum atomic E-state index is 12.0. The Morgan fingerprint density at radius 3 is 2.88 bits per heavy atom. The molecular weight excluding hydrogens is 208 g/mol. The predicted octanol–water partition coefficient (Wildman–Crippen LogP) is -0.420. The van der Waals surface area contributed by atoms with E-state index in [1.807, 2.05) is 13.8 Å². The van der Waals surface area contributed by atoms with Crippen molar-refractivity contribution >= 4 is 5.91 Å². The fourth-order valence-electron chi connectivity index (χ4n) is 1.87. The van der Waals surface area contributed by atoms with Gasteiger partial charge >= 0.3 is 0 Å². The van der Waals surface area contributed by atoms with E-state index in [4.69, 9.17) is 15.6 Å². The van der Waals surface area contributed by atoms with Crippen molar-refractivity contribution in [2.75, 3.05) is 26.3 Å². The van der Waals surface area contributed by atoms with Crippen LogP contribution in [0, 0.1) is 5.92 Å². The third-order valence-corrected chi connectivity index (χ3v) is 2.70. The predicted molar refractivity (Wildman–Crippen MR) is 60.8 cm³/mol. The second kappa shape index (κ2) is 6.18. The largest absolute Gasteiger partial charge is 0.394 e. The van der Waals surface area contributed by atoms with Crippen molar-refractivity contribution in [2.45, 2.75) is 32.4 Å². The normalized spacial score (nSPS) is 23.6. The lowest BCUT2D eigenvalue weighted by atomic mass is 10.0. The molecule has 1 saturated heterocycles. The minimum atomic E-state index is -0.433. The lowest BCUT2D eigenvalue weighted by molar-refractivity contribution is -0.141. The zero-order valence-electron chi connectivity index (χ0n) is 10.1. The summed E-state index contributed by atoms with van der Waals surface area (Å²) < 4.78 is 5.28. The van der Waals surface area contributed by atoms with Crippen LogP contribution in [0.1, 0.15) is 20.3 Å². The van der Waals surface area contributed by atoms with Crippen molar-refractivity contribution < 1.29 is 14.6 Å². The molecule has 0 aliphatic carbocycles. The molecule has 0 spiro atoms. The van der Waals surface area contributed by atoms with Gasteiger partial charge in [-0.2, -0.15) is 0 Å². The first-order chi connectivity index (χ1) is 7.54. The number of rotatable bonds is 4. The van der Waals surface area contributed by atoms with Crippen molar-refractivity contribution in [3.63, 3.8) is 0 Å². The van der Waals surface area contributed by atoms with E-state index < -0.39 is 6.04 Å². The van der Waals surface area contributed by atoms with Crippen LogP contribution in [0.4, 0.5) is 0 Å². The first kappa shape index (κ1) is 13.4. The number of aliphatic hydroxyl groups excluding tert-OH is 1. The van der Waals surface area contributed by atoms with Crippen LogP contribution in [0.5, 0.6) is 0 Å². The van der Waals surface area contributed by atoms with Gasteiger partial charge in [-0.05, 0) is 12.3 Å². The molecule has 94 valence electrons. The quantitative estimate of drug-likeness (QED) is 0.688. The highest BCUT2D eigenvalue weighted by Gasteiger charge is 2.27. The number of nitrogens with zero attached hydrogens (tertiary/aromatic N) is 1. The minimum absolute atomic E-state index is 0.0320. The van der Waals surface area contributed by atoms with Crippen molar-refractivity contribution in [2.24, 2.45) is 11.7 Å². The van der Waals surface area contributed by atoms with E-state index in [9.17, 15) is 4.79 Å². The summed E-state index contributed by atoms with van der Waals surface area (Å²) in [5.74, 6) is 0.379. The van der Waals surface area contributed by atoms with Gasteiger partial charge in [0.25, 0.3) is 0 Å². The molecule has 1 aliphatic heterocycles. The average Bonchev–Trinajstić information content (AvgIpc) is 2.27. The maximum Gasteiger partial charge on any atom is 0.239 e. The molecule has 1 amide bonds. The second-order valence-electron chi connectivity index (χ2n) is 4.70. The number of amides is 1. The Hall–Kier alpha value is -0.650. The van der Waals surface area contributed by atoms with E-state index in [1.165, 1.54) is 0 Å². The van der Waals surface area contributed by atoms with E-state index in [-0.39, 0.29) is 18.6 Å². The maximum absolute atomic E-state index is 12.0. The first-order valence-corrected chi connectivity index (χ1v) is 5.81. The number of morpholine rings is 1. The van der Waals surface area contributed by atoms with E-state index >= 15 is 0 Å². The Morgan fingerprint density at radius 2 is 2.31 bits per heavy atom. The van der Waals surface area contributed by atoms with E-state index in [2.05, 4.69) is 0 Å². The molecule has 1 rings (SSSR count). The molecule has 1 heterocycles. The summed E-state index contributed by atoms with van der Waals surface area (Å²) in [7, 11) is 0. The monoisotopic (exact) mass is 230 g/mol. The summed E-state index contributed by atoms with van der Waals surface area (Å²) in [6, 6.07) is -0.433. The number of carbonyl (C=O) groups is 1. The SMILES string of the molecule is CC(C)C[C@H](N)C(=O)N1CCOC(CO)C1. The molecule has 0 bridgehead atoms. The van der Waals surface area contributed by atoms with Gasteiger partial charge in [0.1, 0.15) is 0 Å². The number of hydrogen-bond donors (Lipinski definition) is 2. The number of hydrogen-bond acceptors (Lipinski definition) is 4. The van der Waals surface area contributed by atoms with E-state index in [0.717, 1.165) is 0 Å². The van der Waals surface area contributed by atoms with Crippen molar-refractivity contribution in [3.8, 4) is 0 Å². The number of nitrogens with two attached hydrogens (primary N) is 1. The number of carbonyl (C=O) groups excluding carboxylic acids is 1. The number of aliphatic hydroxyl groups is 1. The molecule has 1 fully saturated rings. The summed E-state index contributed by atoms with van der Waals surface area (Å²) in [6.45, 7) is 5.53. The zero-order chi connectivity index (χ0) is 12.1. The van der Waals surface area contributed by atoms with E-state index in [0.29, 0.717) is 32.0 Å². The molecule has 0 aromatic heterocycles. The van der Waals surface area contributed by atoms with Crippen LogP contribution >= 0.6 is 0 Å². The van der Waals surface area contributed by atoms with Crippen molar-refractivity contribution in [3.05, 3.63) is 0 Å². The van der Waals surface area contributed by atoms with Gasteiger partial charge in [0.15, 0.2) is 0 Å². The Labute approximate surface area is 96.6 Å². The third kappa shape index (κ3) is 3.73. The fraction of sp³-hybridized carbons (Fsp3) is 0.909. The lowest BCUT2D eigenvalue weighted by Crippen LogP contribution is -2.52. The molecule has 1 aliphatic rings. The third-order valence-electron chi connectivity index (χ3n) is 2.70. The lowest BCUT2D eigenvalue weighted by Gasteiger charge is -2.33. The highest BCUT2D eigenvalue weighted by molar-refractivity contribution is 5.81. The summed E-state index contributed by atoms with van der Waals surface area (Å²) in [4.78, 5) is 13.7.